The van der Waals surface area contributed by atoms with Crippen LogP contribution in [0.2, 0.25) is 0 Å². The van der Waals surface area contributed by atoms with Gasteiger partial charge in [-0.2, -0.15) is 0 Å². The molecule has 0 fully saturated rings. The summed E-state index contributed by atoms with van der Waals surface area (Å²) in [7, 11) is 0. The van der Waals surface area contributed by atoms with E-state index in [1.807, 2.05) is 0 Å². The number of H-pyrrole nitrogens is 2. The van der Waals surface area contributed by atoms with Gasteiger partial charge in [-0.05, 0) is 36.4 Å². The number of aromatic amines is 2. The van der Waals surface area contributed by atoms with Crippen molar-refractivity contribution in [2.45, 2.75) is 0 Å². The van der Waals surface area contributed by atoms with E-state index < -0.39 is 17.4 Å². The van der Waals surface area contributed by atoms with Gasteiger partial charge in [0.1, 0.15) is 0 Å². The number of imidazole rings is 1. The Morgan fingerprint density at radius 3 is 2.25 bits per heavy atom. The molecule has 1 aromatic heterocycles. The van der Waals surface area contributed by atoms with E-state index in [2.05, 4.69) is 9.97 Å². The first-order valence-corrected chi connectivity index (χ1v) is 5.76. The Bertz CT molecular complexity index is 880. The van der Waals surface area contributed by atoms with Crippen LogP contribution in [0.4, 0.5) is 8.78 Å². The maximum Gasteiger partial charge on any atom is 0.323 e. The Kier molecular flexibility index (Phi) is 2.71. The van der Waals surface area contributed by atoms with Gasteiger partial charge in [0, 0.05) is 11.1 Å². The Labute approximate surface area is 111 Å². The summed E-state index contributed by atoms with van der Waals surface area (Å²) in [5.74, 6) is -2.54. The van der Waals surface area contributed by atoms with E-state index in [4.69, 9.17) is 0 Å². The molecule has 0 saturated carbocycles. The Balaban J connectivity index is 2.07. The highest BCUT2D eigenvalue weighted by atomic mass is 19.2. The first-order chi connectivity index (χ1) is 9.54. The third-order valence-electron chi connectivity index (χ3n) is 2.96. The van der Waals surface area contributed by atoms with Crippen molar-refractivity contribution in [3.8, 4) is 0 Å². The lowest BCUT2D eigenvalue weighted by molar-refractivity contribution is 0.103. The maximum absolute atomic E-state index is 13.1. The molecule has 0 spiro atoms. The number of ketones is 1. The van der Waals surface area contributed by atoms with E-state index in [0.717, 1.165) is 12.1 Å². The number of carbonyl (C=O) groups excluding carboxylic acids is 1. The molecule has 0 saturated heterocycles. The van der Waals surface area contributed by atoms with Gasteiger partial charge in [-0.15, -0.1) is 0 Å². The number of benzene rings is 2. The van der Waals surface area contributed by atoms with Crippen LogP contribution < -0.4 is 5.69 Å². The molecule has 100 valence electrons. The quantitative estimate of drug-likeness (QED) is 0.704. The van der Waals surface area contributed by atoms with Crippen LogP contribution >= 0.6 is 0 Å². The summed E-state index contributed by atoms with van der Waals surface area (Å²) < 4.78 is 26.0. The van der Waals surface area contributed by atoms with Gasteiger partial charge < -0.3 is 9.97 Å². The number of nitrogens with one attached hydrogen (secondary N) is 2. The fraction of sp³-hybridized carbons (Fsp3) is 0. The molecule has 3 rings (SSSR count). The van der Waals surface area contributed by atoms with E-state index in [9.17, 15) is 18.4 Å². The molecule has 1 heterocycles. The van der Waals surface area contributed by atoms with E-state index in [1.165, 1.54) is 18.2 Å². The zero-order chi connectivity index (χ0) is 14.3. The van der Waals surface area contributed by atoms with Gasteiger partial charge in [0.15, 0.2) is 17.4 Å². The molecule has 0 aliphatic rings. The third kappa shape index (κ3) is 2.01. The van der Waals surface area contributed by atoms with Gasteiger partial charge in [0.05, 0.1) is 11.0 Å². The van der Waals surface area contributed by atoms with Gasteiger partial charge in [-0.25, -0.2) is 13.6 Å². The fourth-order valence-electron chi connectivity index (χ4n) is 1.98. The van der Waals surface area contributed by atoms with Crippen molar-refractivity contribution in [1.82, 2.24) is 9.97 Å². The Morgan fingerprint density at radius 2 is 1.50 bits per heavy atom. The highest BCUT2D eigenvalue weighted by Crippen LogP contribution is 2.16. The van der Waals surface area contributed by atoms with Gasteiger partial charge >= 0.3 is 5.69 Å². The predicted molar refractivity (Wildman–Crippen MR) is 68.7 cm³/mol. The smallest absolute Gasteiger partial charge is 0.306 e. The van der Waals surface area contributed by atoms with E-state index in [1.54, 1.807) is 6.07 Å². The molecule has 0 aliphatic carbocycles. The largest absolute Gasteiger partial charge is 0.323 e. The SMILES string of the molecule is O=C(c1ccc(F)c(F)c1)c1ccc2[nH]c(=O)[nH]c2c1. The normalized spacial score (nSPS) is 10.9. The topological polar surface area (TPSA) is 65.7 Å². The first kappa shape index (κ1) is 12.3. The van der Waals surface area contributed by atoms with Crippen LogP contribution in [-0.2, 0) is 0 Å². The Morgan fingerprint density at radius 1 is 0.850 bits per heavy atom. The minimum Gasteiger partial charge on any atom is -0.306 e. The monoisotopic (exact) mass is 274 g/mol. The van der Waals surface area contributed by atoms with Gasteiger partial charge in [-0.3, -0.25) is 4.79 Å². The lowest BCUT2D eigenvalue weighted by Gasteiger charge is -2.02. The highest BCUT2D eigenvalue weighted by molar-refractivity contribution is 6.10. The standard InChI is InChI=1S/C14H8F2N2O2/c15-9-3-1-7(5-10(9)16)13(19)8-2-4-11-12(6-8)18-14(20)17-11/h1-6H,(H2,17,18,20). The van der Waals surface area contributed by atoms with Crippen molar-refractivity contribution >= 4 is 16.8 Å². The number of fused-ring (bicyclic) bond motifs is 1. The van der Waals surface area contributed by atoms with Crippen LogP contribution in [0.3, 0.4) is 0 Å². The van der Waals surface area contributed by atoms with E-state index >= 15 is 0 Å². The second-order valence-corrected chi connectivity index (χ2v) is 4.30. The van der Waals surface area contributed by atoms with Crippen molar-refractivity contribution < 1.29 is 13.6 Å². The van der Waals surface area contributed by atoms with Crippen molar-refractivity contribution in [3.63, 3.8) is 0 Å². The zero-order valence-corrected chi connectivity index (χ0v) is 10.0. The van der Waals surface area contributed by atoms with Gasteiger partial charge in [-0.1, -0.05) is 0 Å². The lowest BCUT2D eigenvalue weighted by Crippen LogP contribution is -2.02. The molecule has 2 aromatic carbocycles. The number of hydrogen-bond donors (Lipinski definition) is 2. The van der Waals surface area contributed by atoms with Crippen LogP contribution in [0.1, 0.15) is 15.9 Å². The van der Waals surface area contributed by atoms with Crippen LogP contribution in [0, 0.1) is 11.6 Å². The van der Waals surface area contributed by atoms with Crippen LogP contribution in [0.15, 0.2) is 41.2 Å². The summed E-state index contributed by atoms with van der Waals surface area (Å²) in [6.45, 7) is 0. The first-order valence-electron chi connectivity index (χ1n) is 5.76. The second-order valence-electron chi connectivity index (χ2n) is 4.30. The van der Waals surface area contributed by atoms with Crippen LogP contribution in [0.5, 0.6) is 0 Å². The number of carbonyl (C=O) groups is 1. The third-order valence-corrected chi connectivity index (χ3v) is 2.96. The molecule has 20 heavy (non-hydrogen) atoms. The molecular weight excluding hydrogens is 266 g/mol. The fourth-order valence-corrected chi connectivity index (χ4v) is 1.98. The average molecular weight is 274 g/mol. The summed E-state index contributed by atoms with van der Waals surface area (Å²) in [4.78, 5) is 28.4. The molecule has 2 N–H and O–H groups in total. The molecule has 0 aliphatic heterocycles. The molecule has 0 unspecified atom stereocenters. The van der Waals surface area contributed by atoms with Gasteiger partial charge in [0.2, 0.25) is 0 Å². The van der Waals surface area contributed by atoms with E-state index in [0.29, 0.717) is 11.0 Å². The van der Waals surface area contributed by atoms with Crippen molar-refractivity contribution in [2.24, 2.45) is 0 Å². The number of halogens is 2. The molecular formula is C14H8F2N2O2. The molecule has 4 nitrogen and oxygen atoms in total. The summed E-state index contributed by atoms with van der Waals surface area (Å²) in [5, 5.41) is 0. The van der Waals surface area contributed by atoms with E-state index in [-0.39, 0.29) is 16.8 Å². The number of aromatic nitrogens is 2. The summed E-state index contributed by atoms with van der Waals surface area (Å²) >= 11 is 0. The molecule has 0 bridgehead atoms. The van der Waals surface area contributed by atoms with Crippen LogP contribution in [-0.4, -0.2) is 15.8 Å². The van der Waals surface area contributed by atoms with Crippen LogP contribution in [0.25, 0.3) is 11.0 Å². The molecule has 0 amide bonds. The number of rotatable bonds is 2. The second kappa shape index (κ2) is 4.41. The van der Waals surface area contributed by atoms with Gasteiger partial charge in [0.25, 0.3) is 0 Å². The number of hydrogen-bond acceptors (Lipinski definition) is 2. The summed E-state index contributed by atoms with van der Waals surface area (Å²) in [6, 6.07) is 7.53. The van der Waals surface area contributed by atoms with Crippen molar-refractivity contribution in [1.29, 1.82) is 0 Å². The maximum atomic E-state index is 13.1. The molecule has 3 aromatic rings. The minimum atomic E-state index is -1.08. The zero-order valence-electron chi connectivity index (χ0n) is 10.0. The highest BCUT2D eigenvalue weighted by Gasteiger charge is 2.13. The van der Waals surface area contributed by atoms with Crippen molar-refractivity contribution in [3.05, 3.63) is 69.6 Å². The minimum absolute atomic E-state index is 0.0427. The average Bonchev–Trinajstić information content (AvgIpc) is 2.80. The van der Waals surface area contributed by atoms with Crippen molar-refractivity contribution in [2.75, 3.05) is 0 Å². The predicted octanol–water partition coefficient (Wildman–Crippen LogP) is 2.37. The molecule has 0 radical (unpaired) electrons. The lowest BCUT2D eigenvalue weighted by atomic mass is 10.0. The molecule has 6 heteroatoms. The Hall–Kier alpha value is -2.76. The summed E-state index contributed by atoms with van der Waals surface area (Å²) in [5.41, 5.74) is 0.984. The summed E-state index contributed by atoms with van der Waals surface area (Å²) in [6.07, 6.45) is 0. The molecule has 0 atom stereocenters.